The van der Waals surface area contributed by atoms with Gasteiger partial charge in [0.1, 0.15) is 6.04 Å². The van der Waals surface area contributed by atoms with E-state index in [4.69, 9.17) is 11.6 Å². The van der Waals surface area contributed by atoms with Gasteiger partial charge in [0.15, 0.2) is 0 Å². The lowest BCUT2D eigenvalue weighted by Crippen LogP contribution is -2.50. The molecule has 0 saturated heterocycles. The van der Waals surface area contributed by atoms with E-state index in [-0.39, 0.29) is 30.8 Å². The van der Waals surface area contributed by atoms with Crippen molar-refractivity contribution in [1.82, 2.24) is 10.2 Å². The lowest BCUT2D eigenvalue weighted by atomic mass is 9.95. The first-order valence-electron chi connectivity index (χ1n) is 12.9. The summed E-state index contributed by atoms with van der Waals surface area (Å²) in [6, 6.07) is 14.0. The smallest absolute Gasteiger partial charge is 0.242 e. The van der Waals surface area contributed by atoms with Crippen LogP contribution in [0.25, 0.3) is 0 Å². The Morgan fingerprint density at radius 3 is 2.43 bits per heavy atom. The Hall–Kier alpha value is -2.58. The Bertz CT molecular complexity index is 1180. The van der Waals surface area contributed by atoms with Gasteiger partial charge < -0.3 is 10.2 Å². The molecule has 0 radical (unpaired) electrons. The van der Waals surface area contributed by atoms with Gasteiger partial charge in [-0.05, 0) is 56.9 Å². The van der Waals surface area contributed by atoms with Crippen molar-refractivity contribution in [2.45, 2.75) is 77.4 Å². The van der Waals surface area contributed by atoms with Crippen LogP contribution in [0.1, 0.15) is 63.0 Å². The lowest BCUT2D eigenvalue weighted by Gasteiger charge is -2.31. The summed E-state index contributed by atoms with van der Waals surface area (Å²) in [6.45, 7) is 4.20. The molecule has 2 amide bonds. The van der Waals surface area contributed by atoms with E-state index in [1.165, 1.54) is 10.7 Å². The summed E-state index contributed by atoms with van der Waals surface area (Å²) in [7, 11) is -3.57. The van der Waals surface area contributed by atoms with E-state index < -0.39 is 16.1 Å². The second-order valence-corrected chi connectivity index (χ2v) is 12.3. The first-order chi connectivity index (χ1) is 17.5. The van der Waals surface area contributed by atoms with Gasteiger partial charge in [-0.1, -0.05) is 66.8 Å². The van der Waals surface area contributed by atoms with Crippen molar-refractivity contribution in [2.75, 3.05) is 17.1 Å². The molecule has 3 rings (SSSR count). The van der Waals surface area contributed by atoms with E-state index in [0.29, 0.717) is 23.7 Å². The van der Waals surface area contributed by atoms with Gasteiger partial charge in [-0.3, -0.25) is 13.9 Å². The third kappa shape index (κ3) is 8.75. The van der Waals surface area contributed by atoms with Gasteiger partial charge in [0, 0.05) is 30.6 Å². The molecule has 2 aromatic rings. The predicted molar refractivity (Wildman–Crippen MR) is 149 cm³/mol. The fraction of sp³-hybridized carbons (Fsp3) is 0.500. The van der Waals surface area contributed by atoms with Crippen molar-refractivity contribution in [3.05, 3.63) is 64.7 Å². The number of carbonyl (C=O) groups is 2. The van der Waals surface area contributed by atoms with Crippen molar-refractivity contribution in [1.29, 1.82) is 0 Å². The van der Waals surface area contributed by atoms with Crippen LogP contribution in [0.3, 0.4) is 0 Å². The first-order valence-corrected chi connectivity index (χ1v) is 15.2. The minimum atomic E-state index is -3.57. The molecule has 1 aliphatic rings. The SMILES string of the molecule is Cc1cccc(CN(C(=O)CCCN(c2cccc(Cl)c2)S(C)(=O)=O)C(C)C(=O)NC2CCCCC2)c1. The van der Waals surface area contributed by atoms with Crippen LogP contribution in [-0.2, 0) is 26.2 Å². The molecule has 1 saturated carbocycles. The van der Waals surface area contributed by atoms with Crippen molar-refractivity contribution < 1.29 is 18.0 Å². The van der Waals surface area contributed by atoms with E-state index in [0.717, 1.165) is 43.1 Å². The maximum absolute atomic E-state index is 13.4. The van der Waals surface area contributed by atoms with Crippen LogP contribution in [0.5, 0.6) is 0 Å². The molecule has 9 heteroatoms. The van der Waals surface area contributed by atoms with Crippen LogP contribution in [0.15, 0.2) is 48.5 Å². The molecule has 1 N–H and O–H groups in total. The average molecular weight is 548 g/mol. The predicted octanol–water partition coefficient (Wildman–Crippen LogP) is 5.06. The highest BCUT2D eigenvalue weighted by Gasteiger charge is 2.28. The molecule has 0 aromatic heterocycles. The Morgan fingerprint density at radius 2 is 1.78 bits per heavy atom. The largest absolute Gasteiger partial charge is 0.352 e. The summed E-state index contributed by atoms with van der Waals surface area (Å²) in [5.41, 5.74) is 2.48. The highest BCUT2D eigenvalue weighted by atomic mass is 35.5. The Kier molecular flexibility index (Phi) is 10.4. The van der Waals surface area contributed by atoms with Gasteiger partial charge in [-0.15, -0.1) is 0 Å². The van der Waals surface area contributed by atoms with Crippen LogP contribution in [0, 0.1) is 6.92 Å². The summed E-state index contributed by atoms with van der Waals surface area (Å²) < 4.78 is 26.2. The van der Waals surface area contributed by atoms with Gasteiger partial charge in [0.2, 0.25) is 21.8 Å². The Labute approximate surface area is 226 Å². The summed E-state index contributed by atoms with van der Waals surface area (Å²) in [5.74, 6) is -0.336. The van der Waals surface area contributed by atoms with E-state index in [1.807, 2.05) is 31.2 Å². The number of benzene rings is 2. The molecule has 0 aliphatic heterocycles. The van der Waals surface area contributed by atoms with Crippen LogP contribution in [0.4, 0.5) is 5.69 Å². The molecule has 1 fully saturated rings. The molecule has 1 unspecified atom stereocenters. The second kappa shape index (κ2) is 13.3. The van der Waals surface area contributed by atoms with Crippen molar-refractivity contribution >= 4 is 39.1 Å². The minimum Gasteiger partial charge on any atom is -0.352 e. The zero-order valence-corrected chi connectivity index (χ0v) is 23.5. The highest BCUT2D eigenvalue weighted by Crippen LogP contribution is 2.23. The molecule has 7 nitrogen and oxygen atoms in total. The number of nitrogens with zero attached hydrogens (tertiary/aromatic N) is 2. The molecule has 2 aromatic carbocycles. The van der Waals surface area contributed by atoms with E-state index >= 15 is 0 Å². The molecule has 1 atom stereocenters. The quantitative estimate of drug-likeness (QED) is 0.426. The fourth-order valence-corrected chi connectivity index (χ4v) is 5.94. The lowest BCUT2D eigenvalue weighted by molar-refractivity contribution is -0.141. The number of halogens is 1. The number of aryl methyl sites for hydroxylation is 1. The third-order valence-electron chi connectivity index (χ3n) is 6.80. The monoisotopic (exact) mass is 547 g/mol. The zero-order chi connectivity index (χ0) is 27.0. The van der Waals surface area contributed by atoms with E-state index in [2.05, 4.69) is 5.32 Å². The number of sulfonamides is 1. The summed E-state index contributed by atoms with van der Waals surface area (Å²) in [5, 5.41) is 3.57. The molecule has 202 valence electrons. The van der Waals surface area contributed by atoms with Crippen molar-refractivity contribution in [2.24, 2.45) is 0 Å². The number of anilines is 1. The molecule has 1 aliphatic carbocycles. The number of rotatable bonds is 11. The molecule has 0 spiro atoms. The maximum Gasteiger partial charge on any atom is 0.242 e. The standard InChI is InChI=1S/C28H38ClN3O4S/c1-21-10-7-11-23(18-21)20-31(22(2)28(34)30-25-13-5-4-6-14-25)27(33)16-9-17-32(37(3,35)36)26-15-8-12-24(29)19-26/h7-8,10-12,15,18-19,22,25H,4-6,9,13-14,16-17,20H2,1-3H3,(H,30,34). The zero-order valence-electron chi connectivity index (χ0n) is 22.0. The third-order valence-corrected chi connectivity index (χ3v) is 8.23. The van der Waals surface area contributed by atoms with Gasteiger partial charge >= 0.3 is 0 Å². The van der Waals surface area contributed by atoms with Crippen molar-refractivity contribution in [3.8, 4) is 0 Å². The summed E-state index contributed by atoms with van der Waals surface area (Å²) in [4.78, 5) is 28.2. The topological polar surface area (TPSA) is 86.8 Å². The van der Waals surface area contributed by atoms with Crippen LogP contribution in [0.2, 0.25) is 5.02 Å². The molecular formula is C28H38ClN3O4S. The van der Waals surface area contributed by atoms with Gasteiger partial charge in [-0.2, -0.15) is 0 Å². The molecule has 0 bridgehead atoms. The summed E-state index contributed by atoms with van der Waals surface area (Å²) in [6.07, 6.45) is 6.89. The number of hydrogen-bond donors (Lipinski definition) is 1. The normalized spacial score (nSPS) is 15.1. The van der Waals surface area contributed by atoms with Crippen LogP contribution in [-0.4, -0.2) is 50.0 Å². The number of carbonyl (C=O) groups excluding carboxylic acids is 2. The first kappa shape index (κ1) is 29.0. The molecule has 37 heavy (non-hydrogen) atoms. The van der Waals surface area contributed by atoms with Gasteiger partial charge in [0.05, 0.1) is 11.9 Å². The molecular weight excluding hydrogens is 510 g/mol. The second-order valence-electron chi connectivity index (χ2n) is 9.95. The van der Waals surface area contributed by atoms with Crippen molar-refractivity contribution in [3.63, 3.8) is 0 Å². The van der Waals surface area contributed by atoms with Gasteiger partial charge in [-0.25, -0.2) is 8.42 Å². The summed E-state index contributed by atoms with van der Waals surface area (Å²) >= 11 is 6.07. The molecule has 0 heterocycles. The van der Waals surface area contributed by atoms with E-state index in [9.17, 15) is 18.0 Å². The number of amides is 2. The number of hydrogen-bond acceptors (Lipinski definition) is 4. The fourth-order valence-electron chi connectivity index (χ4n) is 4.79. The maximum atomic E-state index is 13.4. The minimum absolute atomic E-state index is 0.111. The average Bonchev–Trinajstić information content (AvgIpc) is 2.84. The van der Waals surface area contributed by atoms with Gasteiger partial charge in [0.25, 0.3) is 0 Å². The Morgan fingerprint density at radius 1 is 1.08 bits per heavy atom. The Balaban J connectivity index is 1.71. The van der Waals surface area contributed by atoms with Crippen LogP contribution < -0.4 is 9.62 Å². The van der Waals surface area contributed by atoms with E-state index in [1.54, 1.807) is 36.1 Å². The van der Waals surface area contributed by atoms with Crippen LogP contribution >= 0.6 is 11.6 Å². The highest BCUT2D eigenvalue weighted by molar-refractivity contribution is 7.92. The number of nitrogens with one attached hydrogen (secondary N) is 1.